The first-order chi connectivity index (χ1) is 15.0. The molecule has 32 heavy (non-hydrogen) atoms. The molecule has 1 aromatic carbocycles. The number of thiophene rings is 1. The lowest BCUT2D eigenvalue weighted by molar-refractivity contribution is -0.192. The molecule has 0 amide bonds. The molecule has 4 rings (SSSR count). The smallest absolute Gasteiger partial charge is 0.475 e. The van der Waals surface area contributed by atoms with Gasteiger partial charge in [-0.1, -0.05) is 18.2 Å². The number of piperidine rings is 1. The van der Waals surface area contributed by atoms with E-state index in [0.29, 0.717) is 4.90 Å². The first-order valence-electron chi connectivity index (χ1n) is 10.1. The Labute approximate surface area is 189 Å². The molecule has 0 bridgehead atoms. The molecule has 6 nitrogen and oxygen atoms in total. The lowest BCUT2D eigenvalue weighted by Crippen LogP contribution is -2.58. The minimum absolute atomic E-state index is 0.0843. The molecule has 1 aromatic heterocycles. The van der Waals surface area contributed by atoms with E-state index in [1.54, 1.807) is 35.6 Å². The van der Waals surface area contributed by atoms with Crippen LogP contribution in [-0.2, 0) is 21.4 Å². The van der Waals surface area contributed by atoms with Crippen molar-refractivity contribution in [1.82, 2.24) is 9.62 Å². The molecule has 1 aliphatic carbocycles. The van der Waals surface area contributed by atoms with Crippen LogP contribution < -0.4 is 4.72 Å². The third kappa shape index (κ3) is 6.09. The van der Waals surface area contributed by atoms with Gasteiger partial charge in [-0.15, -0.1) is 0 Å². The van der Waals surface area contributed by atoms with Gasteiger partial charge in [-0.2, -0.15) is 24.5 Å². The number of carboxylic acids is 1. The normalized spacial score (nSPS) is 20.8. The Balaban J connectivity index is 0.000000360. The van der Waals surface area contributed by atoms with Gasteiger partial charge in [0, 0.05) is 12.6 Å². The number of hydrogen-bond acceptors (Lipinski definition) is 5. The van der Waals surface area contributed by atoms with Gasteiger partial charge in [-0.3, -0.25) is 4.90 Å². The molecular formula is C21H25F3N2O4S2. The fourth-order valence-electron chi connectivity index (χ4n) is 4.13. The molecule has 176 valence electrons. The molecule has 1 saturated heterocycles. The number of carbonyl (C=O) groups is 1. The fraction of sp³-hybridized carbons (Fsp3) is 0.476. The number of nitrogens with one attached hydrogen (secondary N) is 1. The van der Waals surface area contributed by atoms with Crippen LogP contribution in [0.2, 0.25) is 0 Å². The summed E-state index contributed by atoms with van der Waals surface area (Å²) >= 11 is 1.74. The molecule has 2 N–H and O–H groups in total. The van der Waals surface area contributed by atoms with Gasteiger partial charge in [-0.25, -0.2) is 17.9 Å². The molecule has 1 unspecified atom stereocenters. The third-order valence-electron chi connectivity index (χ3n) is 6.10. The first kappa shape index (κ1) is 24.7. The topological polar surface area (TPSA) is 86.7 Å². The standard InChI is InChI=1S/C19H24N2O2S2.C2HF3O2/c22-25(23,17-4-2-1-3-5-17)20-18-6-8-19(18)9-11-21(12-10-19)14-16-7-13-24-15-16;3-2(4,5)1(6)7/h1-5,7,13,15,18,20H,6,8-12,14H2;(H,6,7). The molecule has 2 aliphatic rings. The summed E-state index contributed by atoms with van der Waals surface area (Å²) in [6.07, 6.45) is -0.823. The number of carboxylic acid groups (broad SMARTS) is 1. The van der Waals surface area contributed by atoms with Gasteiger partial charge < -0.3 is 5.11 Å². The summed E-state index contributed by atoms with van der Waals surface area (Å²) in [7, 11) is -3.41. The number of alkyl halides is 3. The maximum atomic E-state index is 12.6. The van der Waals surface area contributed by atoms with Crippen molar-refractivity contribution in [2.24, 2.45) is 5.41 Å². The van der Waals surface area contributed by atoms with Crippen molar-refractivity contribution in [3.8, 4) is 0 Å². The van der Waals surface area contributed by atoms with Gasteiger partial charge in [0.05, 0.1) is 4.90 Å². The highest BCUT2D eigenvalue weighted by Crippen LogP contribution is 2.49. The van der Waals surface area contributed by atoms with E-state index in [0.717, 1.165) is 45.3 Å². The molecule has 0 radical (unpaired) electrons. The van der Waals surface area contributed by atoms with E-state index >= 15 is 0 Å². The van der Waals surface area contributed by atoms with Crippen molar-refractivity contribution < 1.29 is 31.5 Å². The van der Waals surface area contributed by atoms with E-state index in [9.17, 15) is 21.6 Å². The first-order valence-corrected chi connectivity index (χ1v) is 12.6. The number of sulfonamides is 1. The molecule has 1 saturated carbocycles. The summed E-state index contributed by atoms with van der Waals surface area (Å²) < 4.78 is 60.0. The maximum absolute atomic E-state index is 12.6. The number of benzene rings is 1. The highest BCUT2D eigenvalue weighted by molar-refractivity contribution is 7.89. The molecule has 2 heterocycles. The Morgan fingerprint density at radius 3 is 2.25 bits per heavy atom. The van der Waals surface area contributed by atoms with Gasteiger partial charge in [0.25, 0.3) is 0 Å². The Bertz CT molecular complexity index is 988. The van der Waals surface area contributed by atoms with E-state index in [4.69, 9.17) is 9.90 Å². The minimum atomic E-state index is -5.08. The summed E-state index contributed by atoms with van der Waals surface area (Å²) in [5, 5.41) is 11.5. The number of likely N-dealkylation sites (tertiary alicyclic amines) is 1. The van der Waals surface area contributed by atoms with Gasteiger partial charge >= 0.3 is 12.1 Å². The van der Waals surface area contributed by atoms with Crippen molar-refractivity contribution in [3.63, 3.8) is 0 Å². The molecule has 1 spiro atoms. The fourth-order valence-corrected chi connectivity index (χ4v) is 6.19. The van der Waals surface area contributed by atoms with Crippen LogP contribution in [-0.4, -0.2) is 49.7 Å². The SMILES string of the molecule is O=C(O)C(F)(F)F.O=S(=O)(NC1CCC12CCN(Cc1ccsc1)CC2)c1ccccc1. The van der Waals surface area contributed by atoms with Crippen LogP contribution in [0.4, 0.5) is 13.2 Å². The summed E-state index contributed by atoms with van der Waals surface area (Å²) in [4.78, 5) is 11.8. The van der Waals surface area contributed by atoms with E-state index in [1.807, 2.05) is 6.07 Å². The second kappa shape index (κ2) is 9.90. The van der Waals surface area contributed by atoms with Gasteiger partial charge in [-0.05, 0) is 78.7 Å². The Hall–Kier alpha value is -1.95. The van der Waals surface area contributed by atoms with Crippen LogP contribution in [0.5, 0.6) is 0 Å². The quantitative estimate of drug-likeness (QED) is 0.659. The number of aliphatic carboxylic acids is 1. The molecular weight excluding hydrogens is 465 g/mol. The average molecular weight is 491 g/mol. The summed E-state index contributed by atoms with van der Waals surface area (Å²) in [5.41, 5.74) is 1.54. The van der Waals surface area contributed by atoms with E-state index in [-0.39, 0.29) is 11.5 Å². The van der Waals surface area contributed by atoms with Crippen LogP contribution in [0.25, 0.3) is 0 Å². The Morgan fingerprint density at radius 2 is 1.78 bits per heavy atom. The minimum Gasteiger partial charge on any atom is -0.475 e. The van der Waals surface area contributed by atoms with E-state index in [2.05, 4.69) is 26.4 Å². The van der Waals surface area contributed by atoms with Crippen LogP contribution in [0.1, 0.15) is 31.2 Å². The summed E-state index contributed by atoms with van der Waals surface area (Å²) in [6, 6.07) is 11.0. The highest BCUT2D eigenvalue weighted by atomic mass is 32.2. The van der Waals surface area contributed by atoms with Crippen LogP contribution in [0.15, 0.2) is 52.1 Å². The zero-order valence-electron chi connectivity index (χ0n) is 17.2. The molecule has 1 aliphatic heterocycles. The van der Waals surface area contributed by atoms with Crippen molar-refractivity contribution in [1.29, 1.82) is 0 Å². The molecule has 1 atom stereocenters. The van der Waals surface area contributed by atoms with Crippen LogP contribution >= 0.6 is 11.3 Å². The van der Waals surface area contributed by atoms with Crippen LogP contribution in [0.3, 0.4) is 0 Å². The van der Waals surface area contributed by atoms with Crippen LogP contribution in [0, 0.1) is 5.41 Å². The number of nitrogens with zero attached hydrogens (tertiary/aromatic N) is 1. The zero-order valence-corrected chi connectivity index (χ0v) is 18.8. The Morgan fingerprint density at radius 1 is 1.16 bits per heavy atom. The zero-order chi connectivity index (χ0) is 23.4. The van der Waals surface area contributed by atoms with E-state index < -0.39 is 22.2 Å². The lowest BCUT2D eigenvalue weighted by Gasteiger charge is -2.54. The maximum Gasteiger partial charge on any atom is 0.490 e. The van der Waals surface area contributed by atoms with Crippen molar-refractivity contribution in [2.45, 2.75) is 49.3 Å². The highest BCUT2D eigenvalue weighted by Gasteiger charge is 2.49. The Kier molecular flexibility index (Phi) is 7.64. The molecule has 2 fully saturated rings. The number of hydrogen-bond donors (Lipinski definition) is 2. The van der Waals surface area contributed by atoms with Crippen molar-refractivity contribution in [3.05, 3.63) is 52.7 Å². The van der Waals surface area contributed by atoms with Gasteiger partial charge in [0.1, 0.15) is 0 Å². The largest absolute Gasteiger partial charge is 0.490 e. The number of rotatable bonds is 5. The predicted molar refractivity (Wildman–Crippen MR) is 115 cm³/mol. The summed E-state index contributed by atoms with van der Waals surface area (Å²) in [5.74, 6) is -2.76. The van der Waals surface area contributed by atoms with E-state index in [1.165, 1.54) is 5.56 Å². The third-order valence-corrected chi connectivity index (χ3v) is 8.32. The molecule has 2 aromatic rings. The van der Waals surface area contributed by atoms with Gasteiger partial charge in [0.15, 0.2) is 0 Å². The molecule has 11 heteroatoms. The van der Waals surface area contributed by atoms with Crippen molar-refractivity contribution in [2.75, 3.05) is 13.1 Å². The second-order valence-corrected chi connectivity index (χ2v) is 10.6. The number of halogens is 3. The average Bonchev–Trinajstić information content (AvgIpc) is 3.25. The lowest BCUT2D eigenvalue weighted by atomic mass is 9.59. The summed E-state index contributed by atoms with van der Waals surface area (Å²) in [6.45, 7) is 3.12. The second-order valence-electron chi connectivity index (χ2n) is 8.10. The monoisotopic (exact) mass is 490 g/mol. The van der Waals surface area contributed by atoms with Crippen molar-refractivity contribution >= 4 is 27.3 Å². The van der Waals surface area contributed by atoms with Gasteiger partial charge in [0.2, 0.25) is 10.0 Å². The predicted octanol–water partition coefficient (Wildman–Crippen LogP) is 4.10.